The van der Waals surface area contributed by atoms with Crippen LogP contribution in [0.15, 0.2) is 65.3 Å². The molecule has 1 heterocycles. The lowest BCUT2D eigenvalue weighted by Crippen LogP contribution is -2.49. The highest BCUT2D eigenvalue weighted by atomic mass is 79.9. The van der Waals surface area contributed by atoms with Crippen LogP contribution in [0.2, 0.25) is 5.15 Å². The summed E-state index contributed by atoms with van der Waals surface area (Å²) in [6, 6.07) is 17.0. The van der Waals surface area contributed by atoms with Crippen LogP contribution in [0, 0.1) is 0 Å². The van der Waals surface area contributed by atoms with E-state index < -0.39 is 10.2 Å². The maximum absolute atomic E-state index is 13.0. The third-order valence-electron chi connectivity index (χ3n) is 6.99. The average Bonchev–Trinajstić information content (AvgIpc) is 2.97. The number of halogens is 2. The van der Waals surface area contributed by atoms with E-state index in [1.807, 2.05) is 24.3 Å². The van der Waals surface area contributed by atoms with Crippen molar-refractivity contribution in [3.63, 3.8) is 0 Å². The Balaban J connectivity index is 1.32. The van der Waals surface area contributed by atoms with E-state index in [9.17, 15) is 13.2 Å². The molecule has 0 unspecified atom stereocenters. The summed E-state index contributed by atoms with van der Waals surface area (Å²) < 4.78 is 36.6. The number of carbonyl (C=O) groups is 1. The van der Waals surface area contributed by atoms with E-state index in [1.54, 1.807) is 18.2 Å². The topological polar surface area (TPSA) is 134 Å². The van der Waals surface area contributed by atoms with Gasteiger partial charge < -0.3 is 15.4 Å². The molecule has 214 valence electrons. The van der Waals surface area contributed by atoms with Gasteiger partial charge in [-0.25, -0.2) is 9.71 Å². The smallest absolute Gasteiger partial charge is 0.277 e. The molecule has 0 atom stereocenters. The first-order valence-electron chi connectivity index (χ1n) is 12.9. The van der Waals surface area contributed by atoms with E-state index in [-0.39, 0.29) is 35.6 Å². The van der Waals surface area contributed by atoms with Crippen molar-refractivity contribution in [2.24, 2.45) is 0 Å². The standard InChI is InChI=1S/C27H32BrClN6O4S/c1-39-23-10-6-5-9-21(23)25(36)32-18-27(19-7-3-2-4-8-19)13-11-20(12-14-27)35-40(37,38)33-16-15-30-26-31-17-22(28)24(29)34-26/h2-10,17,20,33,35H,11-16,18H2,1H3,(H,32,36)(H,30,31,34). The van der Waals surface area contributed by atoms with Crippen LogP contribution in [-0.4, -0.2) is 57.1 Å². The Kier molecular flexibility index (Phi) is 10.4. The number of carbonyl (C=O) groups excluding carboxylic acids is 1. The number of rotatable bonds is 12. The number of hydrogen-bond acceptors (Lipinski definition) is 7. The molecule has 40 heavy (non-hydrogen) atoms. The second-order valence-corrected chi connectivity index (χ2v) is 12.3. The minimum atomic E-state index is -3.72. The predicted molar refractivity (Wildman–Crippen MR) is 159 cm³/mol. The Morgan fingerprint density at radius 2 is 1.80 bits per heavy atom. The predicted octanol–water partition coefficient (Wildman–Crippen LogP) is 4.05. The van der Waals surface area contributed by atoms with Crippen LogP contribution < -0.4 is 24.8 Å². The Morgan fingerprint density at radius 3 is 2.50 bits per heavy atom. The number of ether oxygens (including phenoxy) is 1. The normalized spacial score (nSPS) is 19.1. The number of nitrogens with one attached hydrogen (secondary N) is 4. The van der Waals surface area contributed by atoms with Gasteiger partial charge in [0.25, 0.3) is 16.1 Å². The SMILES string of the molecule is COc1ccccc1C(=O)NCC1(c2ccccc2)CCC(NS(=O)(=O)NCCNc2ncc(Br)c(Cl)n2)CC1. The quantitative estimate of drug-likeness (QED) is 0.172. The van der Waals surface area contributed by atoms with Crippen LogP contribution >= 0.6 is 27.5 Å². The number of methoxy groups -OCH3 is 1. The molecule has 0 saturated heterocycles. The Labute approximate surface area is 248 Å². The lowest BCUT2D eigenvalue weighted by atomic mass is 9.68. The number of hydrogen-bond donors (Lipinski definition) is 4. The van der Waals surface area contributed by atoms with E-state index >= 15 is 0 Å². The fourth-order valence-electron chi connectivity index (χ4n) is 4.88. The van der Waals surface area contributed by atoms with Crippen LogP contribution in [0.3, 0.4) is 0 Å². The summed E-state index contributed by atoms with van der Waals surface area (Å²) in [6.45, 7) is 0.855. The molecule has 1 saturated carbocycles. The molecule has 0 spiro atoms. The molecule has 1 aromatic heterocycles. The van der Waals surface area contributed by atoms with Crippen LogP contribution in [-0.2, 0) is 15.6 Å². The molecule has 0 bridgehead atoms. The van der Waals surface area contributed by atoms with Crippen molar-refractivity contribution in [1.82, 2.24) is 24.7 Å². The van der Waals surface area contributed by atoms with Crippen molar-refractivity contribution in [1.29, 1.82) is 0 Å². The second-order valence-electron chi connectivity index (χ2n) is 9.58. The zero-order chi connectivity index (χ0) is 28.6. The number of para-hydroxylation sites is 1. The first-order valence-corrected chi connectivity index (χ1v) is 15.5. The molecule has 0 radical (unpaired) electrons. The fourth-order valence-corrected chi connectivity index (χ4v) is 6.33. The number of amides is 1. The van der Waals surface area contributed by atoms with Crippen molar-refractivity contribution in [3.05, 3.63) is 81.5 Å². The molecule has 2 aromatic carbocycles. The molecule has 1 aliphatic rings. The highest BCUT2D eigenvalue weighted by Gasteiger charge is 2.38. The minimum absolute atomic E-state index is 0.141. The Morgan fingerprint density at radius 1 is 1.10 bits per heavy atom. The number of aromatic nitrogens is 2. The summed E-state index contributed by atoms with van der Waals surface area (Å²) >= 11 is 9.18. The molecule has 0 aliphatic heterocycles. The van der Waals surface area contributed by atoms with Gasteiger partial charge in [-0.1, -0.05) is 54.1 Å². The van der Waals surface area contributed by atoms with Crippen LogP contribution in [0.4, 0.5) is 5.95 Å². The van der Waals surface area contributed by atoms with Crippen LogP contribution in [0.1, 0.15) is 41.6 Å². The monoisotopic (exact) mass is 650 g/mol. The summed E-state index contributed by atoms with van der Waals surface area (Å²) in [5, 5.41) is 6.30. The number of anilines is 1. The zero-order valence-electron chi connectivity index (χ0n) is 22.0. The van der Waals surface area contributed by atoms with Gasteiger partial charge in [0, 0.05) is 37.3 Å². The van der Waals surface area contributed by atoms with Gasteiger partial charge in [0.15, 0.2) is 0 Å². The van der Waals surface area contributed by atoms with E-state index in [2.05, 4.69) is 58.1 Å². The average molecular weight is 652 g/mol. The fraction of sp³-hybridized carbons (Fsp3) is 0.370. The third kappa shape index (κ3) is 7.91. The molecular weight excluding hydrogens is 620 g/mol. The maximum atomic E-state index is 13.0. The highest BCUT2D eigenvalue weighted by molar-refractivity contribution is 9.10. The summed E-state index contributed by atoms with van der Waals surface area (Å²) in [5.74, 6) is 0.620. The third-order valence-corrected chi connectivity index (χ3v) is 9.32. The molecule has 4 N–H and O–H groups in total. The van der Waals surface area contributed by atoms with Gasteiger partial charge >= 0.3 is 0 Å². The molecule has 1 aliphatic carbocycles. The zero-order valence-corrected chi connectivity index (χ0v) is 25.2. The van der Waals surface area contributed by atoms with Gasteiger partial charge in [0.1, 0.15) is 10.9 Å². The molecule has 3 aromatic rings. The van der Waals surface area contributed by atoms with Gasteiger partial charge in [-0.05, 0) is 59.3 Å². The van der Waals surface area contributed by atoms with E-state index in [4.69, 9.17) is 16.3 Å². The number of benzene rings is 2. The van der Waals surface area contributed by atoms with Crippen molar-refractivity contribution in [2.45, 2.75) is 37.1 Å². The molecular formula is C27H32BrClN6O4S. The van der Waals surface area contributed by atoms with Gasteiger partial charge in [-0.2, -0.15) is 18.1 Å². The van der Waals surface area contributed by atoms with Crippen LogP contribution in [0.25, 0.3) is 0 Å². The molecule has 1 fully saturated rings. The van der Waals surface area contributed by atoms with Crippen molar-refractivity contribution in [2.75, 3.05) is 32.1 Å². The minimum Gasteiger partial charge on any atom is -0.496 e. The molecule has 1 amide bonds. The molecule has 4 rings (SSSR count). The van der Waals surface area contributed by atoms with E-state index in [1.165, 1.54) is 13.3 Å². The van der Waals surface area contributed by atoms with Crippen molar-refractivity contribution < 1.29 is 17.9 Å². The summed E-state index contributed by atoms with van der Waals surface area (Å²) in [6.07, 6.45) is 4.19. The van der Waals surface area contributed by atoms with Gasteiger partial charge in [-0.3, -0.25) is 4.79 Å². The van der Waals surface area contributed by atoms with Gasteiger partial charge in [-0.15, -0.1) is 0 Å². The van der Waals surface area contributed by atoms with E-state index in [0.29, 0.717) is 54.0 Å². The van der Waals surface area contributed by atoms with Gasteiger partial charge in [0.2, 0.25) is 5.95 Å². The Bertz CT molecular complexity index is 1410. The first kappa shape index (κ1) is 30.2. The lowest BCUT2D eigenvalue weighted by molar-refractivity contribution is 0.0932. The summed E-state index contributed by atoms with van der Waals surface area (Å²) in [5.41, 5.74) is 1.28. The first-order chi connectivity index (χ1) is 19.2. The lowest BCUT2D eigenvalue weighted by Gasteiger charge is -2.41. The van der Waals surface area contributed by atoms with Crippen LogP contribution in [0.5, 0.6) is 5.75 Å². The van der Waals surface area contributed by atoms with Crippen molar-refractivity contribution in [3.8, 4) is 5.75 Å². The second kappa shape index (κ2) is 13.7. The largest absolute Gasteiger partial charge is 0.496 e. The van der Waals surface area contributed by atoms with Crippen molar-refractivity contribution >= 4 is 49.6 Å². The maximum Gasteiger partial charge on any atom is 0.277 e. The Hall–Kier alpha value is -2.77. The molecule has 10 nitrogen and oxygen atoms in total. The van der Waals surface area contributed by atoms with E-state index in [0.717, 1.165) is 5.56 Å². The number of nitrogens with zero attached hydrogens (tertiary/aromatic N) is 2. The summed E-state index contributed by atoms with van der Waals surface area (Å²) in [7, 11) is -2.18. The highest BCUT2D eigenvalue weighted by Crippen LogP contribution is 2.39. The summed E-state index contributed by atoms with van der Waals surface area (Å²) in [4.78, 5) is 21.2. The van der Waals surface area contributed by atoms with Gasteiger partial charge in [0.05, 0.1) is 17.1 Å². The molecule has 13 heteroatoms.